The van der Waals surface area contributed by atoms with Crippen molar-refractivity contribution >= 4 is 5.91 Å². The fraction of sp³-hybridized carbons (Fsp3) is 0.667. The largest absolute Gasteiger partial charge is 0.444 e. The van der Waals surface area contributed by atoms with Crippen molar-refractivity contribution in [2.24, 2.45) is 5.92 Å². The van der Waals surface area contributed by atoms with E-state index in [1.54, 1.807) is 6.20 Å². The molecule has 0 atom stereocenters. The molecule has 1 aromatic rings. The molecule has 2 N–H and O–H groups in total. The lowest BCUT2D eigenvalue weighted by Crippen LogP contribution is -2.32. The Kier molecular flexibility index (Phi) is 4.14. The first-order valence-electron chi connectivity index (χ1n) is 6.13. The Hall–Kier alpha value is -1.36. The van der Waals surface area contributed by atoms with E-state index in [-0.39, 0.29) is 5.91 Å². The summed E-state index contributed by atoms with van der Waals surface area (Å²) in [5.41, 5.74) is 0. The highest BCUT2D eigenvalue weighted by Crippen LogP contribution is 2.15. The fourth-order valence-electron chi connectivity index (χ4n) is 2.08. The highest BCUT2D eigenvalue weighted by Gasteiger charge is 2.16. The number of aromatic nitrogens is 1. The quantitative estimate of drug-likeness (QED) is 0.819. The number of oxazole rings is 1. The maximum Gasteiger partial charge on any atom is 0.220 e. The molecule has 2 rings (SSSR count). The first-order chi connectivity index (χ1) is 8.24. The molecule has 0 saturated carbocycles. The zero-order valence-electron chi connectivity index (χ0n) is 10.2. The van der Waals surface area contributed by atoms with Crippen LogP contribution in [0.2, 0.25) is 0 Å². The SMILES string of the molecule is Cc1cnc(CNC(=O)CC2CCNCC2)o1. The minimum atomic E-state index is 0.0905. The van der Waals surface area contributed by atoms with E-state index in [4.69, 9.17) is 4.42 Å². The molecule has 5 heteroatoms. The molecule has 0 radical (unpaired) electrons. The summed E-state index contributed by atoms with van der Waals surface area (Å²) >= 11 is 0. The van der Waals surface area contributed by atoms with Crippen LogP contribution in [0.1, 0.15) is 30.9 Å². The van der Waals surface area contributed by atoms with Gasteiger partial charge in [0.25, 0.3) is 0 Å². The average molecular weight is 237 g/mol. The summed E-state index contributed by atoms with van der Waals surface area (Å²) in [5, 5.41) is 6.14. The standard InChI is InChI=1S/C12H19N3O2/c1-9-7-15-12(17-9)8-14-11(16)6-10-2-4-13-5-3-10/h7,10,13H,2-6,8H2,1H3,(H,14,16). The summed E-state index contributed by atoms with van der Waals surface area (Å²) in [6.45, 7) is 4.28. The van der Waals surface area contributed by atoms with Crippen molar-refractivity contribution in [2.45, 2.75) is 32.7 Å². The first kappa shape index (κ1) is 12.1. The number of nitrogens with zero attached hydrogens (tertiary/aromatic N) is 1. The summed E-state index contributed by atoms with van der Waals surface area (Å²) in [5.74, 6) is 1.95. The van der Waals surface area contributed by atoms with Gasteiger partial charge in [-0.2, -0.15) is 0 Å². The smallest absolute Gasteiger partial charge is 0.220 e. The Labute approximate surface area is 101 Å². The van der Waals surface area contributed by atoms with Gasteiger partial charge in [-0.15, -0.1) is 0 Å². The molecule has 0 aromatic carbocycles. The maximum atomic E-state index is 11.7. The van der Waals surface area contributed by atoms with Gasteiger partial charge in [0.1, 0.15) is 5.76 Å². The van der Waals surface area contributed by atoms with E-state index in [9.17, 15) is 4.79 Å². The molecule has 1 fully saturated rings. The highest BCUT2D eigenvalue weighted by atomic mass is 16.4. The highest BCUT2D eigenvalue weighted by molar-refractivity contribution is 5.76. The van der Waals surface area contributed by atoms with Crippen LogP contribution in [-0.4, -0.2) is 24.0 Å². The van der Waals surface area contributed by atoms with Gasteiger partial charge in [-0.25, -0.2) is 4.98 Å². The van der Waals surface area contributed by atoms with Gasteiger partial charge in [0.15, 0.2) is 0 Å². The van der Waals surface area contributed by atoms with Crippen molar-refractivity contribution in [2.75, 3.05) is 13.1 Å². The number of hydrogen-bond acceptors (Lipinski definition) is 4. The lowest BCUT2D eigenvalue weighted by molar-refractivity contribution is -0.122. The van der Waals surface area contributed by atoms with Crippen LogP contribution in [0, 0.1) is 12.8 Å². The molecule has 0 spiro atoms. The van der Waals surface area contributed by atoms with Crippen molar-refractivity contribution in [3.05, 3.63) is 17.8 Å². The molecule has 1 saturated heterocycles. The number of nitrogens with one attached hydrogen (secondary N) is 2. The third-order valence-electron chi connectivity index (χ3n) is 3.04. The van der Waals surface area contributed by atoms with Crippen molar-refractivity contribution < 1.29 is 9.21 Å². The van der Waals surface area contributed by atoms with Crippen LogP contribution in [0.4, 0.5) is 0 Å². The molecule has 17 heavy (non-hydrogen) atoms. The third-order valence-corrected chi connectivity index (χ3v) is 3.04. The van der Waals surface area contributed by atoms with Crippen LogP contribution in [0.3, 0.4) is 0 Å². The minimum Gasteiger partial charge on any atom is -0.444 e. The lowest BCUT2D eigenvalue weighted by Gasteiger charge is -2.21. The van der Waals surface area contributed by atoms with Crippen LogP contribution in [0.15, 0.2) is 10.6 Å². The van der Waals surface area contributed by atoms with Gasteiger partial charge in [0.05, 0.1) is 12.7 Å². The van der Waals surface area contributed by atoms with Crippen molar-refractivity contribution in [3.63, 3.8) is 0 Å². The van der Waals surface area contributed by atoms with E-state index in [2.05, 4.69) is 15.6 Å². The number of carbonyl (C=O) groups is 1. The molecular weight excluding hydrogens is 218 g/mol. The number of carbonyl (C=O) groups excluding carboxylic acids is 1. The Bertz CT molecular complexity index is 370. The molecule has 5 nitrogen and oxygen atoms in total. The number of rotatable bonds is 4. The van der Waals surface area contributed by atoms with Crippen LogP contribution in [0.25, 0.3) is 0 Å². The molecule has 0 bridgehead atoms. The Balaban J connectivity index is 1.70. The molecule has 1 aromatic heterocycles. The number of amides is 1. The topological polar surface area (TPSA) is 67.2 Å². The van der Waals surface area contributed by atoms with Gasteiger partial charge in [-0.3, -0.25) is 4.79 Å². The molecule has 1 aliphatic heterocycles. The van der Waals surface area contributed by atoms with Crippen LogP contribution >= 0.6 is 0 Å². The van der Waals surface area contributed by atoms with Gasteiger partial charge in [-0.1, -0.05) is 0 Å². The zero-order valence-corrected chi connectivity index (χ0v) is 10.2. The fourth-order valence-corrected chi connectivity index (χ4v) is 2.08. The summed E-state index contributed by atoms with van der Waals surface area (Å²) in [6, 6.07) is 0. The number of aryl methyl sites for hydroxylation is 1. The first-order valence-corrected chi connectivity index (χ1v) is 6.13. The van der Waals surface area contributed by atoms with E-state index in [1.807, 2.05) is 6.92 Å². The Morgan fingerprint density at radius 1 is 1.59 bits per heavy atom. The van der Waals surface area contributed by atoms with E-state index in [1.165, 1.54) is 0 Å². The molecule has 0 unspecified atom stereocenters. The second kappa shape index (κ2) is 5.82. The molecule has 0 aliphatic carbocycles. The van der Waals surface area contributed by atoms with E-state index < -0.39 is 0 Å². The normalized spacial score (nSPS) is 17.0. The molecule has 2 heterocycles. The summed E-state index contributed by atoms with van der Waals surface area (Å²) in [4.78, 5) is 15.7. The summed E-state index contributed by atoms with van der Waals surface area (Å²) in [7, 11) is 0. The van der Waals surface area contributed by atoms with Crippen LogP contribution < -0.4 is 10.6 Å². The van der Waals surface area contributed by atoms with Crippen molar-refractivity contribution in [1.29, 1.82) is 0 Å². The summed E-state index contributed by atoms with van der Waals surface area (Å²) < 4.78 is 5.29. The second-order valence-electron chi connectivity index (χ2n) is 4.54. The van der Waals surface area contributed by atoms with Gasteiger partial charge in [-0.05, 0) is 38.8 Å². The monoisotopic (exact) mass is 237 g/mol. The van der Waals surface area contributed by atoms with Gasteiger partial charge in [0.2, 0.25) is 11.8 Å². The third kappa shape index (κ3) is 3.85. The molecule has 1 amide bonds. The van der Waals surface area contributed by atoms with Gasteiger partial charge < -0.3 is 15.1 Å². The Morgan fingerprint density at radius 2 is 2.35 bits per heavy atom. The maximum absolute atomic E-state index is 11.7. The summed E-state index contributed by atoms with van der Waals surface area (Å²) in [6.07, 6.45) is 4.45. The van der Waals surface area contributed by atoms with Gasteiger partial charge in [0, 0.05) is 6.42 Å². The number of hydrogen-bond donors (Lipinski definition) is 2. The van der Waals surface area contributed by atoms with Crippen LogP contribution in [-0.2, 0) is 11.3 Å². The predicted octanol–water partition coefficient (Wildman–Crippen LogP) is 0.989. The van der Waals surface area contributed by atoms with E-state index in [0.717, 1.165) is 31.7 Å². The van der Waals surface area contributed by atoms with Crippen molar-refractivity contribution in [3.8, 4) is 0 Å². The van der Waals surface area contributed by atoms with Crippen LogP contribution in [0.5, 0.6) is 0 Å². The average Bonchev–Trinajstić information content (AvgIpc) is 2.74. The number of piperidine rings is 1. The Morgan fingerprint density at radius 3 is 3.00 bits per heavy atom. The second-order valence-corrected chi connectivity index (χ2v) is 4.54. The van der Waals surface area contributed by atoms with Gasteiger partial charge >= 0.3 is 0 Å². The zero-order chi connectivity index (χ0) is 12.1. The van der Waals surface area contributed by atoms with Crippen molar-refractivity contribution in [1.82, 2.24) is 15.6 Å². The molecular formula is C12H19N3O2. The lowest BCUT2D eigenvalue weighted by atomic mass is 9.94. The minimum absolute atomic E-state index is 0.0905. The van der Waals surface area contributed by atoms with E-state index in [0.29, 0.717) is 24.8 Å². The molecule has 1 aliphatic rings. The molecule has 94 valence electrons. The predicted molar refractivity (Wildman–Crippen MR) is 63.3 cm³/mol. The van der Waals surface area contributed by atoms with E-state index >= 15 is 0 Å².